The fourth-order valence-electron chi connectivity index (χ4n) is 4.19. The Morgan fingerprint density at radius 1 is 1.06 bits per heavy atom. The Morgan fingerprint density at radius 2 is 1.85 bits per heavy atom. The molecule has 0 radical (unpaired) electrons. The molecule has 3 aromatic rings. The number of unbranched alkanes of at least 4 members (excludes halogenated alkanes) is 1. The molecule has 7 nitrogen and oxygen atoms in total. The molecule has 10 heteroatoms. The summed E-state index contributed by atoms with van der Waals surface area (Å²) in [4.78, 5) is 34.4. The van der Waals surface area contributed by atoms with Crippen LogP contribution in [0.1, 0.15) is 58.5 Å². The highest BCUT2D eigenvalue weighted by Gasteiger charge is 2.31. The van der Waals surface area contributed by atoms with Gasteiger partial charge in [0.2, 0.25) is 0 Å². The Bertz CT molecular complexity index is 1140. The smallest absolute Gasteiger partial charge is 0.352 e. The first kappa shape index (κ1) is 23.7. The second kappa shape index (κ2) is 10.2. The topological polar surface area (TPSA) is 79.6 Å². The average Bonchev–Trinajstić information content (AvgIpc) is 3.31. The number of hydrogen-bond acceptors (Lipinski definition) is 4. The minimum Gasteiger partial charge on any atom is -0.352 e. The van der Waals surface area contributed by atoms with Gasteiger partial charge in [0.15, 0.2) is 0 Å². The van der Waals surface area contributed by atoms with Gasteiger partial charge in [-0.25, -0.2) is 4.98 Å². The number of hydrogen-bond donors (Lipinski definition) is 1. The van der Waals surface area contributed by atoms with Crippen molar-refractivity contribution >= 4 is 17.5 Å². The van der Waals surface area contributed by atoms with Gasteiger partial charge in [-0.05, 0) is 49.4 Å². The van der Waals surface area contributed by atoms with Gasteiger partial charge in [0.05, 0.1) is 11.1 Å². The first-order valence-electron chi connectivity index (χ1n) is 11.3. The van der Waals surface area contributed by atoms with Crippen molar-refractivity contribution in [1.29, 1.82) is 0 Å². The Morgan fingerprint density at radius 3 is 2.56 bits per heavy atom. The molecule has 1 aliphatic rings. The number of halogens is 3. The maximum absolute atomic E-state index is 12.7. The summed E-state index contributed by atoms with van der Waals surface area (Å²) in [6.07, 6.45) is 6.03. The van der Waals surface area contributed by atoms with Crippen LogP contribution in [0.15, 0.2) is 49.1 Å². The molecule has 1 fully saturated rings. The number of amides is 2. The van der Waals surface area contributed by atoms with Gasteiger partial charge < -0.3 is 14.6 Å². The molecule has 1 N–H and O–H groups in total. The molecular weight excluding hydrogens is 447 g/mol. The van der Waals surface area contributed by atoms with Crippen LogP contribution in [-0.2, 0) is 6.18 Å². The van der Waals surface area contributed by atoms with Crippen LogP contribution in [0.4, 0.5) is 13.2 Å². The minimum atomic E-state index is -4.47. The van der Waals surface area contributed by atoms with Crippen LogP contribution in [0.5, 0.6) is 0 Å². The SMILES string of the molecule is O=C(NCCCCC1CCN(C(=O)c2ccc(C(F)(F)F)cn2)CC1)c1ccc2nccn2c1. The van der Waals surface area contributed by atoms with Gasteiger partial charge in [0.25, 0.3) is 11.8 Å². The Labute approximate surface area is 195 Å². The monoisotopic (exact) mass is 473 g/mol. The summed E-state index contributed by atoms with van der Waals surface area (Å²) < 4.78 is 39.8. The van der Waals surface area contributed by atoms with E-state index < -0.39 is 11.7 Å². The zero-order valence-corrected chi connectivity index (χ0v) is 18.6. The Kier molecular flexibility index (Phi) is 7.14. The molecule has 180 valence electrons. The Hall–Kier alpha value is -3.43. The zero-order valence-electron chi connectivity index (χ0n) is 18.6. The van der Waals surface area contributed by atoms with Crippen molar-refractivity contribution in [2.24, 2.45) is 5.92 Å². The average molecular weight is 473 g/mol. The van der Waals surface area contributed by atoms with Gasteiger partial charge in [-0.15, -0.1) is 0 Å². The number of likely N-dealkylation sites (tertiary alicyclic amines) is 1. The number of nitrogens with one attached hydrogen (secondary N) is 1. The summed E-state index contributed by atoms with van der Waals surface area (Å²) in [7, 11) is 0. The molecule has 4 rings (SSSR count). The maximum atomic E-state index is 12.7. The molecule has 0 atom stereocenters. The number of pyridine rings is 2. The lowest BCUT2D eigenvalue weighted by Crippen LogP contribution is -2.38. The third-order valence-electron chi connectivity index (χ3n) is 6.19. The van der Waals surface area contributed by atoms with Crippen molar-refractivity contribution in [3.8, 4) is 0 Å². The summed E-state index contributed by atoms with van der Waals surface area (Å²) in [6, 6.07) is 5.59. The third-order valence-corrected chi connectivity index (χ3v) is 6.19. The van der Waals surface area contributed by atoms with Crippen molar-refractivity contribution in [3.63, 3.8) is 0 Å². The molecule has 1 saturated heterocycles. The number of imidazole rings is 1. The van der Waals surface area contributed by atoms with E-state index in [-0.39, 0.29) is 17.5 Å². The second-order valence-corrected chi connectivity index (χ2v) is 8.53. The number of nitrogens with zero attached hydrogens (tertiary/aromatic N) is 4. The predicted molar refractivity (Wildman–Crippen MR) is 119 cm³/mol. The van der Waals surface area contributed by atoms with Crippen molar-refractivity contribution in [2.75, 3.05) is 19.6 Å². The fourth-order valence-corrected chi connectivity index (χ4v) is 4.19. The highest BCUT2D eigenvalue weighted by Crippen LogP contribution is 2.29. The van der Waals surface area contributed by atoms with Gasteiger partial charge in [0.1, 0.15) is 11.3 Å². The van der Waals surface area contributed by atoms with Crippen LogP contribution in [0, 0.1) is 5.92 Å². The molecule has 3 aromatic heterocycles. The Balaban J connectivity index is 1.14. The molecule has 4 heterocycles. The highest BCUT2D eigenvalue weighted by molar-refractivity contribution is 5.94. The number of rotatable bonds is 7. The van der Waals surface area contributed by atoms with Gasteiger partial charge >= 0.3 is 6.18 Å². The summed E-state index contributed by atoms with van der Waals surface area (Å²) in [5.74, 6) is 0.0482. The molecular formula is C24H26F3N5O2. The van der Waals surface area contributed by atoms with Crippen LogP contribution >= 0.6 is 0 Å². The van der Waals surface area contributed by atoms with E-state index in [1.807, 2.05) is 0 Å². The molecule has 0 unspecified atom stereocenters. The predicted octanol–water partition coefficient (Wildman–Crippen LogP) is 4.20. The normalized spacial score (nSPS) is 15.0. The van der Waals surface area contributed by atoms with E-state index in [2.05, 4.69) is 15.3 Å². The maximum Gasteiger partial charge on any atom is 0.417 e. The van der Waals surface area contributed by atoms with Crippen molar-refractivity contribution in [1.82, 2.24) is 24.6 Å². The van der Waals surface area contributed by atoms with E-state index in [0.717, 1.165) is 49.9 Å². The van der Waals surface area contributed by atoms with E-state index in [0.29, 0.717) is 37.3 Å². The van der Waals surface area contributed by atoms with Crippen LogP contribution in [0.3, 0.4) is 0 Å². The summed E-state index contributed by atoms with van der Waals surface area (Å²) in [6.45, 7) is 1.73. The van der Waals surface area contributed by atoms with Gasteiger partial charge in [-0.2, -0.15) is 13.2 Å². The molecule has 0 spiro atoms. The van der Waals surface area contributed by atoms with Gasteiger partial charge in [-0.1, -0.05) is 12.8 Å². The second-order valence-electron chi connectivity index (χ2n) is 8.53. The van der Waals surface area contributed by atoms with E-state index in [4.69, 9.17) is 0 Å². The van der Waals surface area contributed by atoms with Crippen molar-refractivity contribution < 1.29 is 22.8 Å². The van der Waals surface area contributed by atoms with Gasteiger partial charge in [-0.3, -0.25) is 14.6 Å². The zero-order chi connectivity index (χ0) is 24.1. The van der Waals surface area contributed by atoms with E-state index in [1.165, 1.54) is 0 Å². The highest BCUT2D eigenvalue weighted by atomic mass is 19.4. The van der Waals surface area contributed by atoms with Crippen LogP contribution in [0.25, 0.3) is 5.65 Å². The quantitative estimate of drug-likeness (QED) is 0.522. The van der Waals surface area contributed by atoms with Crippen LogP contribution in [0.2, 0.25) is 0 Å². The standard InChI is InChI=1S/C24H26F3N5O2/c25-24(26,27)19-5-6-20(30-15-19)23(34)31-12-8-17(9-13-31)3-1-2-10-29-22(33)18-4-7-21-28-11-14-32(21)16-18/h4-7,11,14-17H,1-3,8-10,12-13H2,(H,29,33). The number of alkyl halides is 3. The van der Waals surface area contributed by atoms with Crippen LogP contribution in [-0.4, -0.2) is 50.7 Å². The number of carbonyl (C=O) groups is 2. The van der Waals surface area contributed by atoms with E-state index in [9.17, 15) is 22.8 Å². The first-order chi connectivity index (χ1) is 16.3. The lowest BCUT2D eigenvalue weighted by atomic mass is 9.91. The number of piperidine rings is 1. The summed E-state index contributed by atoms with van der Waals surface area (Å²) in [5, 5.41) is 2.94. The number of fused-ring (bicyclic) bond motifs is 1. The molecule has 1 aliphatic heterocycles. The third kappa shape index (κ3) is 5.73. The molecule has 0 saturated carbocycles. The lowest BCUT2D eigenvalue weighted by Gasteiger charge is -2.32. The summed E-state index contributed by atoms with van der Waals surface area (Å²) in [5.41, 5.74) is 0.553. The molecule has 34 heavy (non-hydrogen) atoms. The molecule has 0 aromatic carbocycles. The van der Waals surface area contributed by atoms with Gasteiger partial charge in [0, 0.05) is 44.4 Å². The first-order valence-corrected chi connectivity index (χ1v) is 11.3. The molecule has 0 aliphatic carbocycles. The molecule has 2 amide bonds. The fraction of sp³-hybridized carbons (Fsp3) is 0.417. The van der Waals surface area contributed by atoms with E-state index in [1.54, 1.807) is 40.0 Å². The molecule has 0 bridgehead atoms. The number of carbonyl (C=O) groups excluding carboxylic acids is 2. The van der Waals surface area contributed by atoms with E-state index >= 15 is 0 Å². The van der Waals surface area contributed by atoms with Crippen molar-refractivity contribution in [3.05, 3.63) is 65.9 Å². The summed E-state index contributed by atoms with van der Waals surface area (Å²) >= 11 is 0. The minimum absolute atomic E-state index is 0.0365. The lowest BCUT2D eigenvalue weighted by molar-refractivity contribution is -0.137. The van der Waals surface area contributed by atoms with Crippen molar-refractivity contribution in [2.45, 2.75) is 38.3 Å². The number of aromatic nitrogens is 3. The van der Waals surface area contributed by atoms with Crippen LogP contribution < -0.4 is 5.32 Å². The largest absolute Gasteiger partial charge is 0.417 e.